The first kappa shape index (κ1) is 21.6. The molecule has 4 aromatic rings. The Labute approximate surface area is 202 Å². The summed E-state index contributed by atoms with van der Waals surface area (Å²) in [5.74, 6) is 1.33. The SMILES string of the molecule is Cc1c(-c2ncc(C3CCCCC3)[nH]2)nn(-c2ccc(Cl)cc2Cl)c1-c1ccc(Cl)cc1. The van der Waals surface area contributed by atoms with Crippen LogP contribution < -0.4 is 0 Å². The van der Waals surface area contributed by atoms with Gasteiger partial charge in [-0.3, -0.25) is 0 Å². The zero-order valence-electron chi connectivity index (χ0n) is 17.7. The Kier molecular flexibility index (Phi) is 6.02. The molecule has 32 heavy (non-hydrogen) atoms. The van der Waals surface area contributed by atoms with Crippen LogP contribution in [-0.2, 0) is 0 Å². The highest BCUT2D eigenvalue weighted by Crippen LogP contribution is 2.37. The smallest absolute Gasteiger partial charge is 0.158 e. The number of hydrogen-bond acceptors (Lipinski definition) is 2. The molecule has 0 saturated heterocycles. The summed E-state index contributed by atoms with van der Waals surface area (Å²) in [5, 5.41) is 6.76. The van der Waals surface area contributed by atoms with Gasteiger partial charge in [-0.1, -0.05) is 66.2 Å². The van der Waals surface area contributed by atoms with E-state index in [0.29, 0.717) is 21.0 Å². The molecule has 4 nitrogen and oxygen atoms in total. The Morgan fingerprint density at radius 1 is 0.938 bits per heavy atom. The third-order valence-electron chi connectivity index (χ3n) is 6.24. The van der Waals surface area contributed by atoms with Crippen molar-refractivity contribution in [3.8, 4) is 28.5 Å². The van der Waals surface area contributed by atoms with E-state index < -0.39 is 0 Å². The molecule has 1 saturated carbocycles. The quantitative estimate of drug-likeness (QED) is 0.316. The summed E-state index contributed by atoms with van der Waals surface area (Å²) in [6, 6.07) is 13.2. The topological polar surface area (TPSA) is 46.5 Å². The van der Waals surface area contributed by atoms with E-state index in [1.807, 2.05) is 47.3 Å². The molecular weight excluding hydrogens is 463 g/mol. The van der Waals surface area contributed by atoms with Gasteiger partial charge in [-0.15, -0.1) is 0 Å². The van der Waals surface area contributed by atoms with Crippen molar-refractivity contribution in [3.05, 3.63) is 75.0 Å². The maximum atomic E-state index is 6.57. The number of imidazole rings is 1. The van der Waals surface area contributed by atoms with Crippen LogP contribution in [0.15, 0.2) is 48.7 Å². The van der Waals surface area contributed by atoms with Gasteiger partial charge in [0.15, 0.2) is 5.82 Å². The normalized spacial score (nSPS) is 14.8. The Bertz CT molecular complexity index is 1250. The lowest BCUT2D eigenvalue weighted by Crippen LogP contribution is -2.04. The predicted molar refractivity (Wildman–Crippen MR) is 132 cm³/mol. The van der Waals surface area contributed by atoms with E-state index in [0.717, 1.165) is 34.0 Å². The minimum atomic E-state index is 0.532. The molecule has 7 heteroatoms. The molecule has 164 valence electrons. The molecule has 1 aliphatic carbocycles. The van der Waals surface area contributed by atoms with Crippen LogP contribution >= 0.6 is 34.8 Å². The molecule has 1 N–H and O–H groups in total. The molecule has 2 aromatic heterocycles. The van der Waals surface area contributed by atoms with E-state index in [1.54, 1.807) is 6.07 Å². The second-order valence-electron chi connectivity index (χ2n) is 8.36. The van der Waals surface area contributed by atoms with Crippen molar-refractivity contribution in [2.75, 3.05) is 0 Å². The number of H-pyrrole nitrogens is 1. The lowest BCUT2D eigenvalue weighted by Gasteiger charge is -2.19. The average molecular weight is 486 g/mol. The summed E-state index contributed by atoms with van der Waals surface area (Å²) in [6.07, 6.45) is 8.29. The van der Waals surface area contributed by atoms with Crippen molar-refractivity contribution in [1.82, 2.24) is 19.7 Å². The summed E-state index contributed by atoms with van der Waals surface area (Å²) < 4.78 is 1.87. The van der Waals surface area contributed by atoms with Gasteiger partial charge in [0.05, 0.1) is 16.4 Å². The highest BCUT2D eigenvalue weighted by molar-refractivity contribution is 6.35. The highest BCUT2D eigenvalue weighted by Gasteiger charge is 2.23. The Hall–Kier alpha value is -2.27. The van der Waals surface area contributed by atoms with Crippen LogP contribution in [0.2, 0.25) is 15.1 Å². The number of nitrogens with one attached hydrogen (secondary N) is 1. The molecule has 0 bridgehead atoms. The molecule has 0 unspecified atom stereocenters. The maximum absolute atomic E-state index is 6.57. The van der Waals surface area contributed by atoms with E-state index in [4.69, 9.17) is 44.9 Å². The van der Waals surface area contributed by atoms with Crippen LogP contribution in [0.5, 0.6) is 0 Å². The second kappa shape index (κ2) is 8.93. The predicted octanol–water partition coefficient (Wildman–Crippen LogP) is 8.25. The third-order valence-corrected chi connectivity index (χ3v) is 7.03. The molecule has 0 aliphatic heterocycles. The standard InChI is InChI=1S/C25H23Cl3N4/c1-15-23(25-29-14-21(30-25)16-5-3-2-4-6-16)31-32(22-12-11-19(27)13-20(22)28)24(15)17-7-9-18(26)10-8-17/h7-14,16H,2-6H2,1H3,(H,29,30). The monoisotopic (exact) mass is 484 g/mol. The van der Waals surface area contributed by atoms with E-state index >= 15 is 0 Å². The van der Waals surface area contributed by atoms with E-state index in [2.05, 4.69) is 11.9 Å². The van der Waals surface area contributed by atoms with E-state index in [9.17, 15) is 0 Å². The van der Waals surface area contributed by atoms with Gasteiger partial charge in [-0.25, -0.2) is 9.67 Å². The fraction of sp³-hybridized carbons (Fsp3) is 0.280. The number of aromatic nitrogens is 4. The van der Waals surface area contributed by atoms with Gasteiger partial charge >= 0.3 is 0 Å². The number of benzene rings is 2. The van der Waals surface area contributed by atoms with Crippen molar-refractivity contribution >= 4 is 34.8 Å². The van der Waals surface area contributed by atoms with Crippen LogP contribution in [0, 0.1) is 6.92 Å². The van der Waals surface area contributed by atoms with Gasteiger partial charge in [-0.05, 0) is 50.1 Å². The van der Waals surface area contributed by atoms with E-state index in [1.165, 1.54) is 37.8 Å². The Morgan fingerprint density at radius 3 is 2.38 bits per heavy atom. The molecule has 2 aromatic carbocycles. The first-order valence-electron chi connectivity index (χ1n) is 10.9. The van der Waals surface area contributed by atoms with Crippen LogP contribution in [0.3, 0.4) is 0 Å². The third kappa shape index (κ3) is 4.07. The molecular formula is C25H23Cl3N4. The van der Waals surface area contributed by atoms with Gasteiger partial charge in [-0.2, -0.15) is 5.10 Å². The van der Waals surface area contributed by atoms with Gasteiger partial charge < -0.3 is 4.98 Å². The first-order valence-corrected chi connectivity index (χ1v) is 12.0. The number of nitrogens with zero attached hydrogens (tertiary/aromatic N) is 3. The minimum Gasteiger partial charge on any atom is -0.340 e. The van der Waals surface area contributed by atoms with Crippen LogP contribution in [0.1, 0.15) is 49.3 Å². The summed E-state index contributed by atoms with van der Waals surface area (Å²) in [7, 11) is 0. The molecule has 2 heterocycles. The van der Waals surface area contributed by atoms with Gasteiger partial charge in [0.25, 0.3) is 0 Å². The molecule has 1 fully saturated rings. The molecule has 1 aliphatic rings. The molecule has 5 rings (SSSR count). The fourth-order valence-corrected chi connectivity index (χ4v) is 5.19. The summed E-state index contributed by atoms with van der Waals surface area (Å²) in [4.78, 5) is 8.26. The van der Waals surface area contributed by atoms with E-state index in [-0.39, 0.29) is 0 Å². The zero-order chi connectivity index (χ0) is 22.2. The largest absolute Gasteiger partial charge is 0.340 e. The van der Waals surface area contributed by atoms with Gasteiger partial charge in [0, 0.05) is 39.0 Å². The molecule has 0 radical (unpaired) electrons. The molecule has 0 spiro atoms. The summed E-state index contributed by atoms with van der Waals surface area (Å²) >= 11 is 18.9. The summed E-state index contributed by atoms with van der Waals surface area (Å²) in [6.45, 7) is 2.06. The molecule has 0 atom stereocenters. The maximum Gasteiger partial charge on any atom is 0.158 e. The highest BCUT2D eigenvalue weighted by atomic mass is 35.5. The Balaban J connectivity index is 1.64. The average Bonchev–Trinajstić information content (AvgIpc) is 3.40. The Morgan fingerprint density at radius 2 is 1.66 bits per heavy atom. The number of rotatable bonds is 4. The van der Waals surface area contributed by atoms with Gasteiger partial charge in [0.2, 0.25) is 0 Å². The number of aromatic amines is 1. The van der Waals surface area contributed by atoms with Gasteiger partial charge in [0.1, 0.15) is 5.69 Å². The lowest BCUT2D eigenvalue weighted by molar-refractivity contribution is 0.438. The fourth-order valence-electron chi connectivity index (χ4n) is 4.57. The first-order chi connectivity index (χ1) is 15.5. The number of halogens is 3. The summed E-state index contributed by atoms with van der Waals surface area (Å²) in [5.41, 5.74) is 5.72. The van der Waals surface area contributed by atoms with Crippen molar-refractivity contribution < 1.29 is 0 Å². The second-order valence-corrected chi connectivity index (χ2v) is 9.64. The van der Waals surface area contributed by atoms with Crippen LogP contribution in [0.25, 0.3) is 28.5 Å². The number of hydrogen-bond donors (Lipinski definition) is 1. The zero-order valence-corrected chi connectivity index (χ0v) is 20.0. The minimum absolute atomic E-state index is 0.532. The van der Waals surface area contributed by atoms with Crippen LogP contribution in [0.4, 0.5) is 0 Å². The lowest BCUT2D eigenvalue weighted by atomic mass is 9.87. The van der Waals surface area contributed by atoms with Crippen molar-refractivity contribution in [2.45, 2.75) is 44.9 Å². The van der Waals surface area contributed by atoms with Crippen molar-refractivity contribution in [2.24, 2.45) is 0 Å². The van der Waals surface area contributed by atoms with Crippen molar-refractivity contribution in [1.29, 1.82) is 0 Å². The van der Waals surface area contributed by atoms with Crippen molar-refractivity contribution in [3.63, 3.8) is 0 Å². The molecule has 0 amide bonds. The van der Waals surface area contributed by atoms with Crippen LogP contribution in [-0.4, -0.2) is 19.7 Å².